The van der Waals surface area contributed by atoms with Gasteiger partial charge in [-0.1, -0.05) is 13.0 Å². The largest absolute Gasteiger partial charge is 0.465 e. The standard InChI is InChI=1S/C16H19F2NO2/c1-3-12-5-6-13(21-12)9-19-10-16(2,20)14-7-4-11(17)8-15(14)18/h4-8,19-20H,3,9-10H2,1-2H3. The molecule has 3 nitrogen and oxygen atoms in total. The molecule has 2 aromatic rings. The fourth-order valence-corrected chi connectivity index (χ4v) is 2.16. The first kappa shape index (κ1) is 15.7. The molecule has 1 atom stereocenters. The Labute approximate surface area is 122 Å². The first-order chi connectivity index (χ1) is 9.92. The molecular formula is C16H19F2NO2. The van der Waals surface area contributed by atoms with E-state index in [4.69, 9.17) is 4.42 Å². The minimum atomic E-state index is -1.43. The number of nitrogens with one attached hydrogen (secondary N) is 1. The summed E-state index contributed by atoms with van der Waals surface area (Å²) in [7, 11) is 0. The molecule has 1 heterocycles. The molecule has 0 fully saturated rings. The molecule has 1 aromatic carbocycles. The zero-order chi connectivity index (χ0) is 15.5. The molecule has 0 aliphatic carbocycles. The Hall–Kier alpha value is -1.72. The molecule has 0 radical (unpaired) electrons. The van der Waals surface area contributed by atoms with Gasteiger partial charge in [0.2, 0.25) is 0 Å². The summed E-state index contributed by atoms with van der Waals surface area (Å²) in [6.07, 6.45) is 0.818. The van der Waals surface area contributed by atoms with Crippen LogP contribution in [0.2, 0.25) is 0 Å². The second-order valence-corrected chi connectivity index (χ2v) is 5.22. The van der Waals surface area contributed by atoms with Crippen molar-refractivity contribution in [1.29, 1.82) is 0 Å². The van der Waals surface area contributed by atoms with E-state index in [0.29, 0.717) is 6.54 Å². The SMILES string of the molecule is CCc1ccc(CNCC(C)(O)c2ccc(F)cc2F)o1. The molecule has 0 amide bonds. The molecule has 0 aliphatic rings. The molecule has 0 spiro atoms. The van der Waals surface area contributed by atoms with Crippen molar-refractivity contribution in [1.82, 2.24) is 5.32 Å². The maximum Gasteiger partial charge on any atom is 0.132 e. The highest BCUT2D eigenvalue weighted by molar-refractivity contribution is 5.24. The lowest BCUT2D eigenvalue weighted by Crippen LogP contribution is -2.35. The van der Waals surface area contributed by atoms with Crippen molar-refractivity contribution < 1.29 is 18.3 Å². The average Bonchev–Trinajstić information content (AvgIpc) is 2.86. The molecule has 2 rings (SSSR count). The van der Waals surface area contributed by atoms with Gasteiger partial charge in [-0.2, -0.15) is 0 Å². The van der Waals surface area contributed by atoms with Gasteiger partial charge in [-0.3, -0.25) is 0 Å². The molecule has 1 unspecified atom stereocenters. The molecule has 2 N–H and O–H groups in total. The molecule has 0 aliphatic heterocycles. The summed E-state index contributed by atoms with van der Waals surface area (Å²) in [6, 6.07) is 6.92. The Morgan fingerprint density at radius 1 is 1.19 bits per heavy atom. The van der Waals surface area contributed by atoms with Crippen LogP contribution in [0.1, 0.15) is 30.9 Å². The third-order valence-electron chi connectivity index (χ3n) is 3.35. The van der Waals surface area contributed by atoms with Gasteiger partial charge in [0.05, 0.1) is 6.54 Å². The Morgan fingerprint density at radius 3 is 2.52 bits per heavy atom. The van der Waals surface area contributed by atoms with Gasteiger partial charge in [-0.15, -0.1) is 0 Å². The van der Waals surface area contributed by atoms with E-state index in [1.54, 1.807) is 0 Å². The summed E-state index contributed by atoms with van der Waals surface area (Å²) in [4.78, 5) is 0. The van der Waals surface area contributed by atoms with E-state index in [0.717, 1.165) is 30.1 Å². The topological polar surface area (TPSA) is 45.4 Å². The lowest BCUT2D eigenvalue weighted by atomic mass is 9.95. The lowest BCUT2D eigenvalue weighted by molar-refractivity contribution is 0.0524. The average molecular weight is 295 g/mol. The Kier molecular flexibility index (Phi) is 4.75. The minimum absolute atomic E-state index is 0.0603. The Morgan fingerprint density at radius 2 is 1.90 bits per heavy atom. The Balaban J connectivity index is 1.97. The van der Waals surface area contributed by atoms with Crippen molar-refractivity contribution in [3.63, 3.8) is 0 Å². The van der Waals surface area contributed by atoms with Crippen LogP contribution >= 0.6 is 0 Å². The van der Waals surface area contributed by atoms with Crippen molar-refractivity contribution >= 4 is 0 Å². The third kappa shape index (κ3) is 3.89. The zero-order valence-electron chi connectivity index (χ0n) is 12.1. The van der Waals surface area contributed by atoms with Crippen LogP contribution in [0.3, 0.4) is 0 Å². The quantitative estimate of drug-likeness (QED) is 0.860. The van der Waals surface area contributed by atoms with Crippen LogP contribution in [0.15, 0.2) is 34.7 Å². The van der Waals surface area contributed by atoms with Gasteiger partial charge in [-0.05, 0) is 25.1 Å². The third-order valence-corrected chi connectivity index (χ3v) is 3.35. The molecule has 0 saturated heterocycles. The van der Waals surface area contributed by atoms with Crippen LogP contribution in [0.4, 0.5) is 8.78 Å². The van der Waals surface area contributed by atoms with E-state index < -0.39 is 17.2 Å². The molecule has 0 saturated carbocycles. The van der Waals surface area contributed by atoms with Gasteiger partial charge >= 0.3 is 0 Å². The maximum absolute atomic E-state index is 13.7. The predicted molar refractivity (Wildman–Crippen MR) is 75.7 cm³/mol. The summed E-state index contributed by atoms with van der Waals surface area (Å²) in [5.41, 5.74) is -1.37. The van der Waals surface area contributed by atoms with Crippen LogP contribution in [0.5, 0.6) is 0 Å². The van der Waals surface area contributed by atoms with Crippen LogP contribution < -0.4 is 5.32 Å². The number of furan rings is 1. The van der Waals surface area contributed by atoms with Gasteiger partial charge in [0, 0.05) is 24.6 Å². The number of aliphatic hydroxyl groups is 1. The number of rotatable bonds is 6. The van der Waals surface area contributed by atoms with E-state index >= 15 is 0 Å². The second-order valence-electron chi connectivity index (χ2n) is 5.22. The summed E-state index contributed by atoms with van der Waals surface area (Å²) in [5.74, 6) is 0.223. The van der Waals surface area contributed by atoms with Gasteiger partial charge in [-0.25, -0.2) is 8.78 Å². The van der Waals surface area contributed by atoms with Crippen LogP contribution in [-0.2, 0) is 18.6 Å². The fraction of sp³-hybridized carbons (Fsp3) is 0.375. The minimum Gasteiger partial charge on any atom is -0.465 e. The van der Waals surface area contributed by atoms with E-state index in [9.17, 15) is 13.9 Å². The van der Waals surface area contributed by atoms with Gasteiger partial charge < -0.3 is 14.8 Å². The molecule has 114 valence electrons. The first-order valence-corrected chi connectivity index (χ1v) is 6.88. The van der Waals surface area contributed by atoms with Crippen molar-refractivity contribution in [2.24, 2.45) is 0 Å². The lowest BCUT2D eigenvalue weighted by Gasteiger charge is -2.24. The Bertz CT molecular complexity index is 608. The molecule has 5 heteroatoms. The molecule has 0 bridgehead atoms. The van der Waals surface area contributed by atoms with Crippen molar-refractivity contribution in [3.8, 4) is 0 Å². The highest BCUT2D eigenvalue weighted by atomic mass is 19.1. The zero-order valence-corrected chi connectivity index (χ0v) is 12.1. The van der Waals surface area contributed by atoms with Crippen LogP contribution in [0.25, 0.3) is 0 Å². The van der Waals surface area contributed by atoms with Crippen LogP contribution in [0, 0.1) is 11.6 Å². The number of hydrogen-bond acceptors (Lipinski definition) is 3. The summed E-state index contributed by atoms with van der Waals surface area (Å²) in [5, 5.41) is 13.3. The van der Waals surface area contributed by atoms with E-state index in [2.05, 4.69) is 5.32 Å². The van der Waals surface area contributed by atoms with Crippen molar-refractivity contribution in [2.75, 3.05) is 6.54 Å². The summed E-state index contributed by atoms with van der Waals surface area (Å²) in [6.45, 7) is 4.03. The predicted octanol–water partition coefficient (Wildman–Crippen LogP) is 3.12. The van der Waals surface area contributed by atoms with Crippen molar-refractivity contribution in [2.45, 2.75) is 32.4 Å². The number of benzene rings is 1. The monoisotopic (exact) mass is 295 g/mol. The molecule has 1 aromatic heterocycles. The summed E-state index contributed by atoms with van der Waals surface area (Å²) < 4.78 is 32.1. The number of aryl methyl sites for hydroxylation is 1. The molecular weight excluding hydrogens is 276 g/mol. The molecule has 21 heavy (non-hydrogen) atoms. The normalized spacial score (nSPS) is 14.1. The van der Waals surface area contributed by atoms with Crippen LogP contribution in [-0.4, -0.2) is 11.7 Å². The number of halogens is 2. The smallest absolute Gasteiger partial charge is 0.132 e. The van der Waals surface area contributed by atoms with Gasteiger partial charge in [0.1, 0.15) is 28.8 Å². The highest BCUT2D eigenvalue weighted by Crippen LogP contribution is 2.23. The van der Waals surface area contributed by atoms with Gasteiger partial charge in [0.25, 0.3) is 0 Å². The van der Waals surface area contributed by atoms with Gasteiger partial charge in [0.15, 0.2) is 0 Å². The van der Waals surface area contributed by atoms with E-state index in [-0.39, 0.29) is 12.1 Å². The second kappa shape index (κ2) is 6.37. The highest BCUT2D eigenvalue weighted by Gasteiger charge is 2.26. The summed E-state index contributed by atoms with van der Waals surface area (Å²) >= 11 is 0. The van der Waals surface area contributed by atoms with E-state index in [1.807, 2.05) is 19.1 Å². The van der Waals surface area contributed by atoms with E-state index in [1.165, 1.54) is 13.0 Å². The maximum atomic E-state index is 13.7. The number of hydrogen-bond donors (Lipinski definition) is 2. The van der Waals surface area contributed by atoms with Crippen molar-refractivity contribution in [3.05, 3.63) is 59.1 Å². The first-order valence-electron chi connectivity index (χ1n) is 6.88. The fourth-order valence-electron chi connectivity index (χ4n) is 2.16.